The second-order valence-electron chi connectivity index (χ2n) is 3.86. The molecular weight excluding hydrogens is 176 g/mol. The van der Waals surface area contributed by atoms with Crippen LogP contribution in [0.15, 0.2) is 0 Å². The number of hydrogen-bond donors (Lipinski definition) is 1. The Morgan fingerprint density at radius 3 is 2.25 bits per heavy atom. The van der Waals surface area contributed by atoms with Crippen LogP contribution in [0.5, 0.6) is 0 Å². The molecule has 0 bridgehead atoms. The minimum absolute atomic E-state index is 0.230. The third kappa shape index (κ3) is 1.62. The highest BCUT2D eigenvalue weighted by atomic mass is 32.2. The summed E-state index contributed by atoms with van der Waals surface area (Å²) in [5, 5.41) is 3.32. The van der Waals surface area contributed by atoms with Gasteiger partial charge in [-0.2, -0.15) is 0 Å². The van der Waals surface area contributed by atoms with Gasteiger partial charge in [0.1, 0.15) is 0 Å². The fourth-order valence-electron chi connectivity index (χ4n) is 1.80. The molecule has 5 heteroatoms. The molecule has 12 heavy (non-hydrogen) atoms. The van der Waals surface area contributed by atoms with Crippen molar-refractivity contribution in [3.05, 3.63) is 0 Å². The van der Waals surface area contributed by atoms with E-state index in [9.17, 15) is 8.42 Å². The summed E-state index contributed by atoms with van der Waals surface area (Å²) in [5.41, 5.74) is 0. The molecule has 0 spiro atoms. The van der Waals surface area contributed by atoms with Crippen molar-refractivity contribution in [1.29, 1.82) is 0 Å². The van der Waals surface area contributed by atoms with E-state index in [-0.39, 0.29) is 6.04 Å². The second kappa shape index (κ2) is 2.68. The predicted octanol–water partition coefficient (Wildman–Crippen LogP) is -1.31. The van der Waals surface area contributed by atoms with Crippen molar-refractivity contribution >= 4 is 9.84 Å². The van der Waals surface area contributed by atoms with Gasteiger partial charge < -0.3 is 10.2 Å². The molecule has 2 heterocycles. The van der Waals surface area contributed by atoms with Crippen LogP contribution >= 0.6 is 0 Å². The normalized spacial score (nSPS) is 31.1. The first kappa shape index (κ1) is 8.47. The van der Waals surface area contributed by atoms with Crippen LogP contribution < -0.4 is 5.32 Å². The zero-order valence-corrected chi connectivity index (χ0v) is 7.97. The smallest absolute Gasteiger partial charge is 0.153 e. The van der Waals surface area contributed by atoms with E-state index in [1.54, 1.807) is 0 Å². The van der Waals surface area contributed by atoms with E-state index in [0.29, 0.717) is 17.5 Å². The average Bonchev–Trinajstić information content (AvgIpc) is 1.80. The largest absolute Gasteiger partial charge is 0.307 e. The summed E-state index contributed by atoms with van der Waals surface area (Å²) >= 11 is 0. The van der Waals surface area contributed by atoms with Crippen molar-refractivity contribution in [2.75, 3.05) is 31.6 Å². The molecule has 4 nitrogen and oxygen atoms in total. The maximum Gasteiger partial charge on any atom is 0.153 e. The molecule has 2 aliphatic heterocycles. The molecule has 0 saturated carbocycles. The minimum Gasteiger partial charge on any atom is -0.307 e. The Hall–Kier alpha value is -0.130. The summed E-state index contributed by atoms with van der Waals surface area (Å²) in [6.07, 6.45) is 0. The van der Waals surface area contributed by atoms with E-state index < -0.39 is 9.84 Å². The number of nitrogens with one attached hydrogen (secondary N) is 1. The molecule has 0 radical (unpaired) electrons. The molecule has 0 unspecified atom stereocenters. The Morgan fingerprint density at radius 2 is 1.83 bits per heavy atom. The van der Waals surface area contributed by atoms with E-state index in [0.717, 1.165) is 13.1 Å². The molecule has 0 amide bonds. The highest BCUT2D eigenvalue weighted by Gasteiger charge is 2.36. The second-order valence-corrected chi connectivity index (χ2v) is 6.01. The zero-order chi connectivity index (χ0) is 8.77. The van der Waals surface area contributed by atoms with Gasteiger partial charge in [0.05, 0.1) is 11.5 Å². The Bertz CT molecular complexity index is 257. The molecule has 1 N–H and O–H groups in total. The molecule has 2 aliphatic rings. The number of hydrogen-bond acceptors (Lipinski definition) is 4. The van der Waals surface area contributed by atoms with Gasteiger partial charge in [0, 0.05) is 25.2 Å². The van der Waals surface area contributed by atoms with Gasteiger partial charge in [0.15, 0.2) is 9.84 Å². The van der Waals surface area contributed by atoms with Crippen molar-refractivity contribution < 1.29 is 8.42 Å². The first-order chi connectivity index (χ1) is 5.55. The highest BCUT2D eigenvalue weighted by Crippen LogP contribution is 2.13. The van der Waals surface area contributed by atoms with Gasteiger partial charge in [0.2, 0.25) is 0 Å². The van der Waals surface area contributed by atoms with Gasteiger partial charge in [-0.05, 0) is 7.05 Å². The van der Waals surface area contributed by atoms with Crippen LogP contribution in [0.3, 0.4) is 0 Å². The van der Waals surface area contributed by atoms with E-state index in [2.05, 4.69) is 17.3 Å². The predicted molar refractivity (Wildman–Crippen MR) is 46.9 cm³/mol. The number of likely N-dealkylation sites (tertiary alicyclic amines) is 1. The van der Waals surface area contributed by atoms with Crippen LogP contribution in [0, 0.1) is 0 Å². The summed E-state index contributed by atoms with van der Waals surface area (Å²) in [6, 6.07) is 0.754. The lowest BCUT2D eigenvalue weighted by molar-refractivity contribution is 0.154. The molecule has 2 saturated heterocycles. The maximum atomic E-state index is 10.8. The van der Waals surface area contributed by atoms with Gasteiger partial charge in [-0.3, -0.25) is 0 Å². The third-order valence-corrected chi connectivity index (χ3v) is 4.27. The number of rotatable bonds is 2. The lowest BCUT2D eigenvalue weighted by Gasteiger charge is -2.41. The number of likely N-dealkylation sites (N-methyl/N-ethyl adjacent to an activating group) is 1. The molecule has 0 aromatic carbocycles. The molecular formula is C7H14N2O2S. The zero-order valence-electron chi connectivity index (χ0n) is 7.16. The van der Waals surface area contributed by atoms with E-state index in [1.165, 1.54) is 0 Å². The van der Waals surface area contributed by atoms with Crippen LogP contribution in [-0.2, 0) is 9.84 Å². The van der Waals surface area contributed by atoms with Crippen molar-refractivity contribution in [3.63, 3.8) is 0 Å². The van der Waals surface area contributed by atoms with E-state index in [1.807, 2.05) is 0 Å². The number of sulfone groups is 1. The molecule has 0 aromatic rings. The third-order valence-electron chi connectivity index (χ3n) is 2.45. The topological polar surface area (TPSA) is 49.4 Å². The first-order valence-electron chi connectivity index (χ1n) is 4.20. The summed E-state index contributed by atoms with van der Waals surface area (Å²) < 4.78 is 21.6. The fraction of sp³-hybridized carbons (Fsp3) is 1.00. The standard InChI is InChI=1S/C7H14N2O2S/c1-9-2-6(3-9)8-7-4-12(10,11)5-7/h6-8H,2-5H2,1H3. The summed E-state index contributed by atoms with van der Waals surface area (Å²) in [7, 11) is -0.585. The monoisotopic (exact) mass is 190 g/mol. The molecule has 70 valence electrons. The minimum atomic E-state index is -2.65. The van der Waals surface area contributed by atoms with Crippen molar-refractivity contribution in [3.8, 4) is 0 Å². The van der Waals surface area contributed by atoms with Crippen molar-refractivity contribution in [2.24, 2.45) is 0 Å². The Kier molecular flexibility index (Phi) is 1.89. The molecule has 2 rings (SSSR count). The van der Waals surface area contributed by atoms with Crippen LogP contribution in [0.4, 0.5) is 0 Å². The van der Waals surface area contributed by atoms with Gasteiger partial charge in [-0.1, -0.05) is 0 Å². The quantitative estimate of drug-likeness (QED) is 0.587. The van der Waals surface area contributed by atoms with Crippen LogP contribution in [0.25, 0.3) is 0 Å². The fourth-order valence-corrected chi connectivity index (χ4v) is 3.12. The first-order valence-corrected chi connectivity index (χ1v) is 6.02. The van der Waals surface area contributed by atoms with Gasteiger partial charge in [-0.15, -0.1) is 0 Å². The molecule has 2 fully saturated rings. The number of nitrogens with zero attached hydrogens (tertiary/aromatic N) is 1. The van der Waals surface area contributed by atoms with E-state index in [4.69, 9.17) is 0 Å². The summed E-state index contributed by atoms with van der Waals surface area (Å²) in [4.78, 5) is 2.21. The van der Waals surface area contributed by atoms with E-state index >= 15 is 0 Å². The SMILES string of the molecule is CN1CC(NC2CS(=O)(=O)C2)C1. The maximum absolute atomic E-state index is 10.8. The van der Waals surface area contributed by atoms with Crippen LogP contribution in [0.2, 0.25) is 0 Å². The highest BCUT2D eigenvalue weighted by molar-refractivity contribution is 7.92. The van der Waals surface area contributed by atoms with Crippen molar-refractivity contribution in [2.45, 2.75) is 12.1 Å². The van der Waals surface area contributed by atoms with Crippen LogP contribution in [0.1, 0.15) is 0 Å². The summed E-state index contributed by atoms with van der Waals surface area (Å²) in [5.74, 6) is 0.681. The van der Waals surface area contributed by atoms with Crippen LogP contribution in [-0.4, -0.2) is 57.0 Å². The van der Waals surface area contributed by atoms with Crippen molar-refractivity contribution in [1.82, 2.24) is 10.2 Å². The average molecular weight is 190 g/mol. The van der Waals surface area contributed by atoms with Gasteiger partial charge >= 0.3 is 0 Å². The molecule has 0 aliphatic carbocycles. The Balaban J connectivity index is 1.71. The lowest BCUT2D eigenvalue weighted by atomic mass is 10.1. The Morgan fingerprint density at radius 1 is 1.25 bits per heavy atom. The summed E-state index contributed by atoms with van der Waals surface area (Å²) in [6.45, 7) is 2.10. The lowest BCUT2D eigenvalue weighted by Crippen LogP contribution is -2.63. The Labute approximate surface area is 72.9 Å². The van der Waals surface area contributed by atoms with Gasteiger partial charge in [0.25, 0.3) is 0 Å². The van der Waals surface area contributed by atoms with Gasteiger partial charge in [-0.25, -0.2) is 8.42 Å². The molecule has 0 aromatic heterocycles. The molecule has 0 atom stereocenters.